The molecular formula is C30H45NO4Si2. The van der Waals surface area contributed by atoms with Gasteiger partial charge in [0.25, 0.3) is 0 Å². The second kappa shape index (κ2) is 10.6. The molecule has 37 heavy (non-hydrogen) atoms. The maximum atomic E-state index is 14.2. The Morgan fingerprint density at radius 2 is 1.32 bits per heavy atom. The molecule has 0 radical (unpaired) electrons. The van der Waals surface area contributed by atoms with Crippen LogP contribution in [0.5, 0.6) is 0 Å². The molecule has 4 unspecified atom stereocenters. The maximum Gasteiger partial charge on any atom is 0.241 e. The third-order valence-electron chi connectivity index (χ3n) is 7.79. The van der Waals surface area contributed by atoms with E-state index in [2.05, 4.69) is 0 Å². The highest BCUT2D eigenvalue weighted by atomic mass is 28.4. The first-order chi connectivity index (χ1) is 19.3. The number of allylic oxidation sites excluding steroid dienone is 4. The number of hydrogen-bond acceptors (Lipinski definition) is 4. The van der Waals surface area contributed by atoms with Crippen LogP contribution in [0.25, 0.3) is 0 Å². The van der Waals surface area contributed by atoms with Gasteiger partial charge >= 0.3 is 0 Å². The van der Waals surface area contributed by atoms with Gasteiger partial charge in [-0.05, 0) is 48.4 Å². The monoisotopic (exact) mass is 545 g/mol. The van der Waals surface area contributed by atoms with Crippen LogP contribution in [0.3, 0.4) is 0 Å². The predicted octanol–water partition coefficient (Wildman–Crippen LogP) is 7.58. The van der Waals surface area contributed by atoms with Crippen LogP contribution >= 0.6 is 0 Å². The molecule has 3 rings (SSSR count). The van der Waals surface area contributed by atoms with Gasteiger partial charge in [0.1, 0.15) is 0 Å². The van der Waals surface area contributed by atoms with Gasteiger partial charge in [0.15, 0.2) is 22.4 Å². The van der Waals surface area contributed by atoms with E-state index in [1.807, 2.05) is 67.7 Å². The summed E-state index contributed by atoms with van der Waals surface area (Å²) in [4.78, 5) is 28.4. The van der Waals surface area contributed by atoms with Gasteiger partial charge in [0, 0.05) is 6.20 Å². The Morgan fingerprint density at radius 1 is 0.865 bits per heavy atom. The Kier molecular flexibility index (Phi) is 6.25. The summed E-state index contributed by atoms with van der Waals surface area (Å²) < 4.78 is 66.1. The minimum Gasteiger partial charge on any atom is -0.409 e. The van der Waals surface area contributed by atoms with E-state index in [4.69, 9.17) is 14.3 Å². The van der Waals surface area contributed by atoms with Gasteiger partial charge in [-0.25, -0.2) is 0 Å². The Morgan fingerprint density at radius 3 is 1.81 bits per heavy atom. The Labute approximate surface area is 234 Å². The summed E-state index contributed by atoms with van der Waals surface area (Å²) in [6.45, 7) is 19.6. The smallest absolute Gasteiger partial charge is 0.241 e. The molecule has 0 saturated heterocycles. The minimum absolute atomic E-state index is 0.111. The van der Waals surface area contributed by atoms with E-state index in [1.165, 1.54) is 42.6 Å². The number of aromatic nitrogens is 1. The van der Waals surface area contributed by atoms with Crippen molar-refractivity contribution in [1.29, 1.82) is 0 Å². The number of Topliss-reactive ketones (excluding diaryl/α,β-unsaturated/α-hetero) is 1. The fourth-order valence-corrected chi connectivity index (χ4v) is 5.52. The minimum atomic E-state index is -2.68. The molecule has 0 aliphatic heterocycles. The molecule has 2 aliphatic carbocycles. The van der Waals surface area contributed by atoms with Crippen LogP contribution < -0.4 is 0 Å². The standard InChI is InChI=1S/C30H45NO4Si2/c1-29(2,3)36(7,8)34-25-19-13-11-16-22(25)27(32)24-18-15-21-31(24)28(33)23-17-12-14-20-26(23)35-37(9,10)30(4,5)6/h11-23,25-26H,1-10H3/i13D,14D,16D,17D,25D,26D. The molecule has 1 aromatic rings. The lowest BCUT2D eigenvalue weighted by Gasteiger charge is -2.40. The molecule has 0 amide bonds. The van der Waals surface area contributed by atoms with E-state index in [1.54, 1.807) is 0 Å². The largest absolute Gasteiger partial charge is 0.409 e. The third kappa shape index (κ3) is 6.33. The molecular weight excluding hydrogens is 495 g/mol. The summed E-state index contributed by atoms with van der Waals surface area (Å²) in [7, 11) is -5.36. The fourth-order valence-electron chi connectivity index (χ4n) is 3.37. The second-order valence-corrected chi connectivity index (χ2v) is 22.1. The van der Waals surface area contributed by atoms with Crippen molar-refractivity contribution in [1.82, 2.24) is 4.57 Å². The van der Waals surface area contributed by atoms with Gasteiger partial charge in [-0.3, -0.25) is 14.2 Å². The molecule has 4 atom stereocenters. The highest BCUT2D eigenvalue weighted by molar-refractivity contribution is 6.74. The van der Waals surface area contributed by atoms with Crippen molar-refractivity contribution in [2.45, 2.75) is 90.0 Å². The van der Waals surface area contributed by atoms with Gasteiger partial charge in [0.05, 0.1) is 37.9 Å². The summed E-state index contributed by atoms with van der Waals surface area (Å²) >= 11 is 0. The van der Waals surface area contributed by atoms with Crippen LogP contribution in [0.4, 0.5) is 0 Å². The van der Waals surface area contributed by atoms with E-state index in [9.17, 15) is 12.3 Å². The van der Waals surface area contributed by atoms with Gasteiger partial charge in [-0.15, -0.1) is 0 Å². The number of ketones is 1. The molecule has 0 bridgehead atoms. The fraction of sp³-hybridized carbons (Fsp3) is 0.533. The quantitative estimate of drug-likeness (QED) is 0.262. The second-order valence-electron chi connectivity index (χ2n) is 12.6. The van der Waals surface area contributed by atoms with Gasteiger partial charge < -0.3 is 8.85 Å². The Hall–Kier alpha value is -2.07. The average molecular weight is 546 g/mol. The highest BCUT2D eigenvalue weighted by Crippen LogP contribution is 2.40. The summed E-state index contributed by atoms with van der Waals surface area (Å²) in [5.74, 6) is -4.42. The zero-order valence-corrected chi connectivity index (χ0v) is 25.8. The molecule has 202 valence electrons. The maximum absolute atomic E-state index is 14.2. The lowest BCUT2D eigenvalue weighted by Crippen LogP contribution is -2.47. The van der Waals surface area contributed by atoms with Crippen molar-refractivity contribution in [2.75, 3.05) is 0 Å². The van der Waals surface area contributed by atoms with Crippen molar-refractivity contribution in [3.8, 4) is 0 Å². The molecule has 0 spiro atoms. The molecule has 0 aromatic carbocycles. The lowest BCUT2D eigenvalue weighted by molar-refractivity contribution is 0.0732. The topological polar surface area (TPSA) is 57.5 Å². The van der Waals surface area contributed by atoms with Crippen molar-refractivity contribution in [3.63, 3.8) is 0 Å². The first kappa shape index (κ1) is 21.8. The van der Waals surface area contributed by atoms with Gasteiger partial charge in [-0.1, -0.05) is 90.1 Å². The average Bonchev–Trinajstić information content (AvgIpc) is 3.24. The van der Waals surface area contributed by atoms with Crippen LogP contribution in [-0.2, 0) is 8.85 Å². The summed E-state index contributed by atoms with van der Waals surface area (Å²) in [5, 5.41) is -0.653. The van der Waals surface area contributed by atoms with Crippen molar-refractivity contribution in [2.24, 2.45) is 11.8 Å². The highest BCUT2D eigenvalue weighted by Gasteiger charge is 2.43. The van der Waals surface area contributed by atoms with Crippen molar-refractivity contribution in [3.05, 3.63) is 72.5 Å². The first-order valence-corrected chi connectivity index (χ1v) is 18.5. The molecule has 1 aromatic heterocycles. The Balaban J connectivity index is 2.10. The predicted molar refractivity (Wildman–Crippen MR) is 157 cm³/mol. The zero-order valence-electron chi connectivity index (χ0n) is 29.8. The summed E-state index contributed by atoms with van der Waals surface area (Å²) in [5.41, 5.74) is -0.131. The molecule has 0 N–H and O–H groups in total. The molecule has 0 saturated carbocycles. The van der Waals surface area contributed by atoms with Gasteiger partial charge in [0.2, 0.25) is 5.91 Å². The number of carbonyl (C=O) groups excluding carboxylic acids is 2. The molecule has 0 fully saturated rings. The normalized spacial score (nSPS) is 31.8. The SMILES string of the molecule is [2H]C1=CC([2H])(O[Si](C)(C)C(C)(C)C)C(C(=O)c2cccn2C(=O)C2C([2H])=CC([2H])=CC2([2H])O[Si](C)(C)C(C)(C)C)C([2H])=C1. The number of hydrogen-bond donors (Lipinski definition) is 0. The van der Waals surface area contributed by atoms with E-state index in [0.717, 1.165) is 4.57 Å². The lowest BCUT2D eigenvalue weighted by atomic mass is 9.91. The summed E-state index contributed by atoms with van der Waals surface area (Å²) in [6.07, 6.45) is 2.10. The van der Waals surface area contributed by atoms with Crippen LogP contribution in [0.2, 0.25) is 36.3 Å². The number of rotatable bonds is 7. The zero-order chi connectivity index (χ0) is 33.1. The third-order valence-corrected chi connectivity index (χ3v) is 16.5. The van der Waals surface area contributed by atoms with Crippen LogP contribution in [-0.4, -0.2) is 45.1 Å². The molecule has 7 heteroatoms. The number of nitrogens with zero attached hydrogens (tertiary/aromatic N) is 1. The molecule has 5 nitrogen and oxygen atoms in total. The van der Waals surface area contributed by atoms with Crippen LogP contribution in [0, 0.1) is 11.8 Å². The van der Waals surface area contributed by atoms with E-state index >= 15 is 0 Å². The van der Waals surface area contributed by atoms with Gasteiger partial charge in [-0.2, -0.15) is 0 Å². The first-order valence-electron chi connectivity index (χ1n) is 15.7. The van der Waals surface area contributed by atoms with Crippen LogP contribution in [0.1, 0.15) is 65.0 Å². The molecule has 2 aliphatic rings. The number of carbonyl (C=O) groups is 2. The van der Waals surface area contributed by atoms with E-state index in [0.29, 0.717) is 0 Å². The van der Waals surface area contributed by atoms with Crippen molar-refractivity contribution < 1.29 is 26.7 Å². The Bertz CT molecular complexity index is 1330. The van der Waals surface area contributed by atoms with E-state index in [-0.39, 0.29) is 40.0 Å². The summed E-state index contributed by atoms with van der Waals surface area (Å²) in [6, 6.07) is 2.11. The van der Waals surface area contributed by atoms with Crippen LogP contribution in [0.15, 0.2) is 66.8 Å². The van der Waals surface area contributed by atoms with Crippen molar-refractivity contribution >= 4 is 28.3 Å². The molecule has 1 heterocycles. The van der Waals surface area contributed by atoms with E-state index < -0.39 is 52.3 Å².